The Balaban J connectivity index is 2.15. The van der Waals surface area contributed by atoms with Crippen molar-refractivity contribution in [2.75, 3.05) is 13.7 Å². The normalized spacial score (nSPS) is 20.9. The number of fused-ring (bicyclic) bond motifs is 1. The number of methoxy groups -OCH3 is 1. The average Bonchev–Trinajstić information content (AvgIpc) is 2.95. The second-order valence-corrected chi connectivity index (χ2v) is 7.80. The van der Waals surface area contributed by atoms with Crippen LogP contribution in [-0.2, 0) is 19.1 Å². The van der Waals surface area contributed by atoms with Crippen molar-refractivity contribution < 1.29 is 28.6 Å². The highest BCUT2D eigenvalue weighted by atomic mass is 32.2. The van der Waals surface area contributed by atoms with Gasteiger partial charge in [0.2, 0.25) is 5.91 Å². The van der Waals surface area contributed by atoms with Crippen molar-refractivity contribution in [2.24, 2.45) is 4.99 Å². The number of amidine groups is 1. The van der Waals surface area contributed by atoms with Gasteiger partial charge in [0.15, 0.2) is 16.7 Å². The van der Waals surface area contributed by atoms with E-state index in [2.05, 4.69) is 4.99 Å². The third kappa shape index (κ3) is 3.87. The summed E-state index contributed by atoms with van der Waals surface area (Å²) in [7, 11) is 1.29. The Hall–Kier alpha value is -2.81. The standard InChI is InChI=1S/C20H22N2O6S/c1-6-27-15-9-13(7-8-14(15)28-12(4)23)17-16(19(25)26-5)10(2)21-20-22(17)18(24)11(3)29-20/h7-9,11,17H,6H2,1-5H3/t11-,17+/m1/s1. The summed E-state index contributed by atoms with van der Waals surface area (Å²) in [5, 5.41) is 0.229. The number of nitrogens with zero attached hydrogens (tertiary/aromatic N) is 2. The molecule has 3 rings (SSSR count). The number of carbonyl (C=O) groups is 3. The van der Waals surface area contributed by atoms with Crippen LogP contribution in [0.15, 0.2) is 34.5 Å². The summed E-state index contributed by atoms with van der Waals surface area (Å²) in [6.07, 6.45) is 0. The monoisotopic (exact) mass is 418 g/mol. The van der Waals surface area contributed by atoms with Gasteiger partial charge in [0, 0.05) is 6.92 Å². The Bertz CT molecular complexity index is 939. The van der Waals surface area contributed by atoms with E-state index in [4.69, 9.17) is 14.2 Å². The van der Waals surface area contributed by atoms with Crippen LogP contribution in [0.4, 0.5) is 0 Å². The maximum Gasteiger partial charge on any atom is 0.338 e. The molecule has 0 saturated carbocycles. The quantitative estimate of drug-likeness (QED) is 0.536. The van der Waals surface area contributed by atoms with Gasteiger partial charge in [-0.1, -0.05) is 17.8 Å². The smallest absolute Gasteiger partial charge is 0.338 e. The van der Waals surface area contributed by atoms with Gasteiger partial charge in [0.05, 0.1) is 36.3 Å². The van der Waals surface area contributed by atoms with Crippen LogP contribution >= 0.6 is 11.8 Å². The first kappa shape index (κ1) is 20.9. The van der Waals surface area contributed by atoms with Gasteiger partial charge in [0.25, 0.3) is 0 Å². The van der Waals surface area contributed by atoms with Gasteiger partial charge in [-0.2, -0.15) is 0 Å². The third-order valence-corrected chi connectivity index (χ3v) is 5.55. The van der Waals surface area contributed by atoms with E-state index in [0.717, 1.165) is 0 Å². The molecule has 0 aliphatic carbocycles. The molecule has 0 radical (unpaired) electrons. The SMILES string of the molecule is CCOc1cc([C@H]2C(C(=O)OC)=C(C)N=C3S[C@H](C)C(=O)N32)ccc1OC(C)=O. The molecule has 0 N–H and O–H groups in total. The summed E-state index contributed by atoms with van der Waals surface area (Å²) >= 11 is 1.35. The van der Waals surface area contributed by atoms with Crippen molar-refractivity contribution in [1.29, 1.82) is 0 Å². The molecule has 1 amide bonds. The minimum absolute atomic E-state index is 0.144. The highest BCUT2D eigenvalue weighted by molar-refractivity contribution is 8.15. The molecular weight excluding hydrogens is 396 g/mol. The predicted molar refractivity (Wildman–Crippen MR) is 108 cm³/mol. The average molecular weight is 418 g/mol. The van der Waals surface area contributed by atoms with Crippen LogP contribution in [0, 0.1) is 0 Å². The van der Waals surface area contributed by atoms with Crippen molar-refractivity contribution in [3.05, 3.63) is 35.0 Å². The molecule has 0 aromatic heterocycles. The van der Waals surface area contributed by atoms with E-state index in [1.54, 1.807) is 32.0 Å². The fraction of sp³-hybridized carbons (Fsp3) is 0.400. The van der Waals surface area contributed by atoms with Crippen LogP contribution in [0.3, 0.4) is 0 Å². The number of hydrogen-bond acceptors (Lipinski definition) is 8. The van der Waals surface area contributed by atoms with Crippen LogP contribution in [-0.4, -0.2) is 46.9 Å². The molecule has 1 aromatic rings. The first-order valence-electron chi connectivity index (χ1n) is 9.11. The zero-order valence-electron chi connectivity index (χ0n) is 16.8. The molecule has 1 saturated heterocycles. The lowest BCUT2D eigenvalue weighted by atomic mass is 9.94. The third-order valence-electron chi connectivity index (χ3n) is 4.50. The predicted octanol–water partition coefficient (Wildman–Crippen LogP) is 2.83. The molecule has 9 heteroatoms. The molecule has 2 heterocycles. The molecule has 0 bridgehead atoms. The van der Waals surface area contributed by atoms with Crippen molar-refractivity contribution in [1.82, 2.24) is 4.90 Å². The summed E-state index contributed by atoms with van der Waals surface area (Å²) in [4.78, 5) is 42.8. The maximum absolute atomic E-state index is 12.9. The lowest BCUT2D eigenvalue weighted by Gasteiger charge is -2.33. The summed E-state index contributed by atoms with van der Waals surface area (Å²) in [6, 6.07) is 4.25. The second-order valence-electron chi connectivity index (χ2n) is 6.49. The largest absolute Gasteiger partial charge is 0.490 e. The highest BCUT2D eigenvalue weighted by Crippen LogP contribution is 2.44. The molecule has 8 nitrogen and oxygen atoms in total. The Morgan fingerprint density at radius 3 is 2.62 bits per heavy atom. The number of ether oxygens (including phenoxy) is 3. The number of aliphatic imine (C=N–C) groups is 1. The van der Waals surface area contributed by atoms with E-state index in [1.165, 1.54) is 30.7 Å². The van der Waals surface area contributed by atoms with Gasteiger partial charge in [0.1, 0.15) is 0 Å². The molecule has 2 atom stereocenters. The lowest BCUT2D eigenvalue weighted by molar-refractivity contribution is -0.137. The van der Waals surface area contributed by atoms with Gasteiger partial charge in [-0.25, -0.2) is 9.79 Å². The van der Waals surface area contributed by atoms with Gasteiger partial charge < -0.3 is 14.2 Å². The van der Waals surface area contributed by atoms with Crippen LogP contribution < -0.4 is 9.47 Å². The minimum atomic E-state index is -0.717. The Morgan fingerprint density at radius 2 is 2.00 bits per heavy atom. The molecular formula is C20H22N2O6S. The van der Waals surface area contributed by atoms with Crippen LogP contribution in [0.25, 0.3) is 0 Å². The number of allylic oxidation sites excluding steroid dienone is 1. The molecule has 0 spiro atoms. The molecule has 1 aromatic carbocycles. The van der Waals surface area contributed by atoms with Crippen LogP contribution in [0.2, 0.25) is 0 Å². The van der Waals surface area contributed by atoms with E-state index < -0.39 is 18.0 Å². The van der Waals surface area contributed by atoms with E-state index in [-0.39, 0.29) is 22.5 Å². The zero-order valence-corrected chi connectivity index (χ0v) is 17.7. The number of thioether (sulfide) groups is 1. The zero-order chi connectivity index (χ0) is 21.3. The topological polar surface area (TPSA) is 94.5 Å². The Morgan fingerprint density at radius 1 is 1.28 bits per heavy atom. The van der Waals surface area contributed by atoms with Crippen LogP contribution in [0.1, 0.15) is 39.3 Å². The van der Waals surface area contributed by atoms with Gasteiger partial charge in [-0.15, -0.1) is 0 Å². The summed E-state index contributed by atoms with van der Waals surface area (Å²) < 4.78 is 15.8. The fourth-order valence-corrected chi connectivity index (χ4v) is 4.32. The van der Waals surface area contributed by atoms with E-state index in [1.807, 2.05) is 6.92 Å². The van der Waals surface area contributed by atoms with Gasteiger partial charge in [-0.05, 0) is 38.5 Å². The number of carbonyl (C=O) groups excluding carboxylic acids is 3. The summed E-state index contributed by atoms with van der Waals surface area (Å²) in [5.74, 6) is -0.567. The number of benzene rings is 1. The van der Waals surface area contributed by atoms with E-state index in [9.17, 15) is 14.4 Å². The molecule has 2 aliphatic rings. The van der Waals surface area contributed by atoms with E-state index in [0.29, 0.717) is 28.8 Å². The summed E-state index contributed by atoms with van der Waals surface area (Å²) in [6.45, 7) is 6.98. The second kappa shape index (κ2) is 8.28. The molecule has 1 fully saturated rings. The molecule has 2 aliphatic heterocycles. The van der Waals surface area contributed by atoms with E-state index >= 15 is 0 Å². The van der Waals surface area contributed by atoms with Crippen molar-refractivity contribution in [2.45, 2.75) is 39.0 Å². The lowest BCUT2D eigenvalue weighted by Crippen LogP contribution is -2.40. The van der Waals surface area contributed by atoms with Gasteiger partial charge in [-0.3, -0.25) is 14.5 Å². The molecule has 29 heavy (non-hydrogen) atoms. The number of esters is 2. The fourth-order valence-electron chi connectivity index (χ4n) is 3.29. The highest BCUT2D eigenvalue weighted by Gasteiger charge is 2.46. The molecule has 0 unspecified atom stereocenters. The van der Waals surface area contributed by atoms with Crippen molar-refractivity contribution >= 4 is 34.8 Å². The Labute approximate surface area is 172 Å². The van der Waals surface area contributed by atoms with Crippen LogP contribution in [0.5, 0.6) is 11.5 Å². The maximum atomic E-state index is 12.9. The number of hydrogen-bond donors (Lipinski definition) is 0. The first-order valence-corrected chi connectivity index (χ1v) is 9.99. The summed E-state index contributed by atoms with van der Waals surface area (Å²) in [5.41, 5.74) is 1.39. The Kier molecular flexibility index (Phi) is 5.97. The van der Waals surface area contributed by atoms with Crippen molar-refractivity contribution in [3.63, 3.8) is 0 Å². The van der Waals surface area contributed by atoms with Crippen molar-refractivity contribution in [3.8, 4) is 11.5 Å². The number of rotatable bonds is 5. The van der Waals surface area contributed by atoms with Gasteiger partial charge >= 0.3 is 11.9 Å². The number of amides is 1. The minimum Gasteiger partial charge on any atom is -0.490 e. The first-order chi connectivity index (χ1) is 13.8. The molecule has 154 valence electrons.